The lowest BCUT2D eigenvalue weighted by molar-refractivity contribution is 0.0976. The summed E-state index contributed by atoms with van der Waals surface area (Å²) in [6.45, 7) is 1.15. The van der Waals surface area contributed by atoms with E-state index >= 15 is 0 Å². The van der Waals surface area contributed by atoms with Gasteiger partial charge in [0.15, 0.2) is 23.0 Å². The number of fused-ring (bicyclic) bond motifs is 8. The van der Waals surface area contributed by atoms with Crippen LogP contribution in [0.25, 0.3) is 0 Å². The Morgan fingerprint density at radius 2 is 1.27 bits per heavy atom. The van der Waals surface area contributed by atoms with Crippen molar-refractivity contribution in [3.63, 3.8) is 0 Å². The van der Waals surface area contributed by atoms with Crippen LogP contribution in [-0.2, 0) is 26.1 Å². The summed E-state index contributed by atoms with van der Waals surface area (Å²) >= 11 is 7.08. The Labute approximate surface area is 359 Å². The van der Waals surface area contributed by atoms with Crippen LogP contribution in [0.5, 0.6) is 23.0 Å². The molecule has 2 atom stereocenters. The normalized spacial score (nSPS) is 17.5. The lowest BCUT2D eigenvalue weighted by Gasteiger charge is -2.23. The Balaban J connectivity index is 0.953. The standard InChI is InChI=1S/C42H33I3N4O6/c1-52-34-14-28-30(46-18-26-12-22-7-3-5-9-32(22)48(26)41(28)50)16-36(34)54-20-24-11-25(39(44)40(45)38(24)43)21-55-37-17-31-29(15-35(37)53-2)42(51)49-27(19-47-31)13-23-8-4-6-10-33(23)49/h3-11,14-18,26-27,47H,12-13,19-21H2,1-2H3/t26-,27-/m0/s1. The largest absolute Gasteiger partial charge is 0.493 e. The first-order chi connectivity index (χ1) is 26.7. The SMILES string of the molecule is COc1cc2c(cc1OCc1cc(COc3cc4c(cc3OC)C(=O)N3c5ccccc5C[C@H]3CN4)c(I)c(I)c1I)N=C[C@@H]1Cc3ccccc3N1C2=O. The van der Waals surface area contributed by atoms with Crippen LogP contribution in [0.4, 0.5) is 22.7 Å². The van der Waals surface area contributed by atoms with E-state index in [9.17, 15) is 9.59 Å². The van der Waals surface area contributed by atoms with Gasteiger partial charge in [0.05, 0.1) is 48.8 Å². The van der Waals surface area contributed by atoms with Crippen LogP contribution >= 0.6 is 67.8 Å². The predicted octanol–water partition coefficient (Wildman–Crippen LogP) is 8.96. The Morgan fingerprint density at radius 1 is 0.691 bits per heavy atom. The highest BCUT2D eigenvalue weighted by molar-refractivity contribution is 14.1. The van der Waals surface area contributed by atoms with Gasteiger partial charge < -0.3 is 29.2 Å². The van der Waals surface area contributed by atoms with E-state index in [0.717, 1.165) is 57.3 Å². The first-order valence-electron chi connectivity index (χ1n) is 17.7. The fourth-order valence-electron chi connectivity index (χ4n) is 7.84. The molecule has 0 fully saturated rings. The molecule has 0 unspecified atom stereocenters. The minimum atomic E-state index is -0.149. The van der Waals surface area contributed by atoms with Gasteiger partial charge in [-0.15, -0.1) is 0 Å². The molecule has 0 saturated carbocycles. The molecule has 4 aliphatic heterocycles. The number of carbonyl (C=O) groups is 2. The molecule has 0 bridgehead atoms. The summed E-state index contributed by atoms with van der Waals surface area (Å²) < 4.78 is 27.7. The molecule has 2 amide bonds. The van der Waals surface area contributed by atoms with Gasteiger partial charge in [0, 0.05) is 64.5 Å². The third-order valence-electron chi connectivity index (χ3n) is 10.5. The summed E-state index contributed by atoms with van der Waals surface area (Å²) in [6.07, 6.45) is 3.38. The number of anilines is 3. The molecule has 5 aromatic rings. The molecule has 0 spiro atoms. The third-order valence-corrected chi connectivity index (χ3v) is 16.2. The van der Waals surface area contributed by atoms with Crippen molar-refractivity contribution in [2.45, 2.75) is 38.1 Å². The first-order valence-corrected chi connectivity index (χ1v) is 20.9. The van der Waals surface area contributed by atoms with Gasteiger partial charge in [-0.25, -0.2) is 0 Å². The van der Waals surface area contributed by atoms with Crippen LogP contribution in [0.2, 0.25) is 0 Å². The first kappa shape index (κ1) is 36.5. The van der Waals surface area contributed by atoms with Crippen molar-refractivity contribution in [2.75, 3.05) is 35.9 Å². The van der Waals surface area contributed by atoms with Gasteiger partial charge in [-0.3, -0.25) is 19.5 Å². The van der Waals surface area contributed by atoms with Crippen molar-refractivity contribution in [1.29, 1.82) is 0 Å². The van der Waals surface area contributed by atoms with Crippen LogP contribution in [0.3, 0.4) is 0 Å². The van der Waals surface area contributed by atoms with Gasteiger partial charge in [-0.2, -0.15) is 0 Å². The van der Waals surface area contributed by atoms with Gasteiger partial charge in [-0.05, 0) is 116 Å². The number of methoxy groups -OCH3 is 2. The lowest BCUT2D eigenvalue weighted by atomic mass is 10.1. The molecule has 9 rings (SSSR count). The lowest BCUT2D eigenvalue weighted by Crippen LogP contribution is -2.39. The second kappa shape index (κ2) is 14.8. The summed E-state index contributed by atoms with van der Waals surface area (Å²) in [6, 6.07) is 25.2. The molecule has 55 heavy (non-hydrogen) atoms. The van der Waals surface area contributed by atoms with Crippen molar-refractivity contribution in [3.8, 4) is 23.0 Å². The smallest absolute Gasteiger partial charge is 0.261 e. The van der Waals surface area contributed by atoms with E-state index in [1.54, 1.807) is 32.4 Å². The highest BCUT2D eigenvalue weighted by atomic mass is 127. The number of para-hydroxylation sites is 2. The minimum Gasteiger partial charge on any atom is -0.493 e. The highest BCUT2D eigenvalue weighted by Crippen LogP contribution is 2.43. The van der Waals surface area contributed by atoms with Crippen molar-refractivity contribution in [2.24, 2.45) is 4.99 Å². The highest BCUT2D eigenvalue weighted by Gasteiger charge is 2.38. The molecule has 5 aromatic carbocycles. The van der Waals surface area contributed by atoms with Crippen LogP contribution < -0.4 is 34.1 Å². The van der Waals surface area contributed by atoms with Gasteiger partial charge >= 0.3 is 0 Å². The Bertz CT molecular complexity index is 2460. The number of aliphatic imine (C=N–C) groups is 1. The Hall–Kier alpha value is -4.10. The average molecular weight is 1070 g/mol. The topological polar surface area (TPSA) is 102 Å². The van der Waals surface area contributed by atoms with E-state index < -0.39 is 0 Å². The third kappa shape index (κ3) is 6.39. The Kier molecular flexibility index (Phi) is 9.81. The second-order valence-corrected chi connectivity index (χ2v) is 16.9. The zero-order valence-electron chi connectivity index (χ0n) is 29.7. The van der Waals surface area contributed by atoms with Crippen LogP contribution in [-0.4, -0.2) is 50.9 Å². The number of nitrogens with zero attached hydrogens (tertiary/aromatic N) is 3. The summed E-state index contributed by atoms with van der Waals surface area (Å²) in [7, 11) is 3.16. The van der Waals surface area contributed by atoms with Crippen molar-refractivity contribution in [1.82, 2.24) is 0 Å². The number of rotatable bonds is 8. The maximum Gasteiger partial charge on any atom is 0.261 e. The molecule has 1 N–H and O–H groups in total. The molecule has 0 saturated heterocycles. The summed E-state index contributed by atoms with van der Waals surface area (Å²) in [5.41, 5.74) is 8.43. The van der Waals surface area contributed by atoms with Crippen LogP contribution in [0.15, 0.2) is 83.9 Å². The molecule has 0 radical (unpaired) electrons. The van der Waals surface area contributed by atoms with E-state index in [-0.39, 0.29) is 37.1 Å². The van der Waals surface area contributed by atoms with Crippen molar-refractivity contribution < 1.29 is 28.5 Å². The van der Waals surface area contributed by atoms with E-state index in [4.69, 9.17) is 23.9 Å². The fraction of sp³-hybridized carbons (Fsp3) is 0.214. The van der Waals surface area contributed by atoms with Gasteiger partial charge in [-0.1, -0.05) is 36.4 Å². The second-order valence-electron chi connectivity index (χ2n) is 13.7. The average Bonchev–Trinajstić information content (AvgIpc) is 3.70. The quantitative estimate of drug-likeness (QED) is 0.122. The number of hydrogen-bond donors (Lipinski definition) is 1. The predicted molar refractivity (Wildman–Crippen MR) is 237 cm³/mol. The van der Waals surface area contributed by atoms with Gasteiger partial charge in [0.2, 0.25) is 0 Å². The molecule has 4 heterocycles. The van der Waals surface area contributed by atoms with Gasteiger partial charge in [0.25, 0.3) is 11.8 Å². The molecule has 10 nitrogen and oxygen atoms in total. The van der Waals surface area contributed by atoms with Crippen LogP contribution in [0, 0.1) is 10.7 Å². The summed E-state index contributed by atoms with van der Waals surface area (Å²) in [5, 5.41) is 3.51. The van der Waals surface area contributed by atoms with Gasteiger partial charge in [0.1, 0.15) is 13.2 Å². The number of nitrogens with one attached hydrogen (secondary N) is 1. The molecule has 0 aromatic heterocycles. The zero-order chi connectivity index (χ0) is 38.0. The minimum absolute atomic E-state index is 0.0283. The maximum absolute atomic E-state index is 13.9. The summed E-state index contributed by atoms with van der Waals surface area (Å²) in [4.78, 5) is 36.3. The van der Waals surface area contributed by atoms with Crippen LogP contribution in [0.1, 0.15) is 43.0 Å². The monoisotopic (exact) mass is 1070 g/mol. The van der Waals surface area contributed by atoms with E-state index in [2.05, 4.69) is 91.3 Å². The molecule has 4 aliphatic rings. The molecular weight excluding hydrogens is 1040 g/mol. The van der Waals surface area contributed by atoms with E-state index in [1.165, 1.54) is 5.56 Å². The van der Waals surface area contributed by atoms with Crippen molar-refractivity contribution in [3.05, 3.63) is 123 Å². The molecular formula is C42H33I3N4O6. The van der Waals surface area contributed by atoms with E-state index in [0.29, 0.717) is 46.4 Å². The number of hydrogen-bond acceptors (Lipinski definition) is 8. The zero-order valence-corrected chi connectivity index (χ0v) is 36.2. The molecule has 0 aliphatic carbocycles. The number of carbonyl (C=O) groups excluding carboxylic acids is 2. The Morgan fingerprint density at radius 3 is 1.95 bits per heavy atom. The number of ether oxygens (including phenoxy) is 4. The maximum atomic E-state index is 13.9. The number of benzene rings is 5. The number of halogens is 3. The summed E-state index contributed by atoms with van der Waals surface area (Å²) in [5.74, 6) is 1.82. The number of amides is 2. The van der Waals surface area contributed by atoms with Crippen molar-refractivity contribution >= 4 is 109 Å². The fourth-order valence-corrected chi connectivity index (χ4v) is 10.2. The molecule has 13 heteroatoms. The molecule has 278 valence electrons. The van der Waals surface area contributed by atoms with E-state index in [1.807, 2.05) is 58.5 Å².